The summed E-state index contributed by atoms with van der Waals surface area (Å²) in [4.78, 5) is 42.7. The number of hydrogen-bond acceptors (Lipinski definition) is 7. The third-order valence-corrected chi connectivity index (χ3v) is 7.22. The fraction of sp³-hybridized carbons (Fsp3) is 0.214. The van der Waals surface area contributed by atoms with Gasteiger partial charge in [0.15, 0.2) is 17.3 Å². The van der Waals surface area contributed by atoms with E-state index in [9.17, 15) is 14.4 Å². The number of carbonyl (C=O) groups is 3. The van der Waals surface area contributed by atoms with E-state index in [0.717, 1.165) is 10.8 Å². The van der Waals surface area contributed by atoms with E-state index >= 15 is 0 Å². The maximum absolute atomic E-state index is 13.9. The van der Waals surface area contributed by atoms with Gasteiger partial charge in [-0.25, -0.2) is 4.90 Å². The number of rotatable bonds is 5. The van der Waals surface area contributed by atoms with Gasteiger partial charge in [0.2, 0.25) is 11.8 Å². The monoisotopic (exact) mass is 481 g/mol. The molecule has 2 amide bonds. The van der Waals surface area contributed by atoms with Gasteiger partial charge >= 0.3 is 0 Å². The average molecular weight is 482 g/mol. The lowest BCUT2D eigenvalue weighted by atomic mass is 9.86. The predicted octanol–water partition coefficient (Wildman–Crippen LogP) is 3.45. The van der Waals surface area contributed by atoms with Gasteiger partial charge in [0.25, 0.3) is 0 Å². The Morgan fingerprint density at radius 3 is 2.39 bits per heavy atom. The van der Waals surface area contributed by atoms with Crippen LogP contribution in [0, 0.1) is 11.8 Å². The minimum Gasteiger partial charge on any atom is -0.493 e. The number of allylic oxidation sites excluding steroid dienone is 1. The van der Waals surface area contributed by atoms with Gasteiger partial charge in [-0.05, 0) is 47.2 Å². The van der Waals surface area contributed by atoms with Crippen LogP contribution in [0.1, 0.15) is 10.4 Å². The molecule has 0 radical (unpaired) electrons. The summed E-state index contributed by atoms with van der Waals surface area (Å²) in [6.45, 7) is 0. The Hall–Kier alpha value is -4.46. The molecule has 3 aliphatic heterocycles. The third-order valence-electron chi connectivity index (χ3n) is 7.22. The number of fused-ring (bicyclic) bond motifs is 4. The zero-order valence-electron chi connectivity index (χ0n) is 19.7. The molecule has 3 heterocycles. The standard InChI is InChI=1S/C28H23N3O5/c1-35-21-12-10-18(15-22(21)36-2)26(32)25-24-23(20-8-5-13-29-31(20)25)27(33)30(28(24)34)19-11-9-16-6-3-4-7-17(16)14-19/h3-15,20,23-25H,1-2H3. The van der Waals surface area contributed by atoms with Crippen LogP contribution in [0.3, 0.4) is 0 Å². The number of amides is 2. The number of Topliss-reactive ketones (excluding diaryl/α,β-unsaturated/α-hetero) is 1. The topological polar surface area (TPSA) is 88.5 Å². The van der Waals surface area contributed by atoms with Crippen molar-refractivity contribution < 1.29 is 23.9 Å². The number of hydrazone groups is 1. The van der Waals surface area contributed by atoms with Crippen LogP contribution in [0.25, 0.3) is 10.8 Å². The van der Waals surface area contributed by atoms with Crippen LogP contribution in [0.2, 0.25) is 0 Å². The Morgan fingerprint density at radius 1 is 0.861 bits per heavy atom. The molecule has 2 saturated heterocycles. The number of imide groups is 1. The first-order chi connectivity index (χ1) is 17.5. The van der Waals surface area contributed by atoms with Gasteiger partial charge in [-0.15, -0.1) is 0 Å². The maximum Gasteiger partial charge on any atom is 0.240 e. The Morgan fingerprint density at radius 2 is 1.61 bits per heavy atom. The Labute approximate surface area is 207 Å². The molecule has 0 N–H and O–H groups in total. The lowest BCUT2D eigenvalue weighted by Gasteiger charge is -2.30. The van der Waals surface area contributed by atoms with Crippen molar-refractivity contribution in [2.45, 2.75) is 12.1 Å². The summed E-state index contributed by atoms with van der Waals surface area (Å²) in [5, 5.41) is 7.94. The van der Waals surface area contributed by atoms with Crippen molar-refractivity contribution in [2.75, 3.05) is 19.1 Å². The molecule has 0 saturated carbocycles. The van der Waals surface area contributed by atoms with Crippen molar-refractivity contribution in [1.29, 1.82) is 0 Å². The van der Waals surface area contributed by atoms with E-state index in [4.69, 9.17) is 9.47 Å². The number of benzene rings is 3. The average Bonchev–Trinajstić information content (AvgIpc) is 3.39. The van der Waals surface area contributed by atoms with Gasteiger partial charge in [-0.1, -0.05) is 36.4 Å². The van der Waals surface area contributed by atoms with E-state index in [-0.39, 0.29) is 11.7 Å². The zero-order valence-corrected chi connectivity index (χ0v) is 19.7. The lowest BCUT2D eigenvalue weighted by Crippen LogP contribution is -2.46. The first-order valence-electron chi connectivity index (χ1n) is 11.7. The van der Waals surface area contributed by atoms with Crippen LogP contribution < -0.4 is 14.4 Å². The molecule has 6 rings (SSSR count). The van der Waals surface area contributed by atoms with Crippen LogP contribution >= 0.6 is 0 Å². The van der Waals surface area contributed by atoms with Crippen molar-refractivity contribution in [3.05, 3.63) is 78.4 Å². The second-order valence-electron chi connectivity index (χ2n) is 8.99. The van der Waals surface area contributed by atoms with E-state index in [0.29, 0.717) is 22.7 Å². The number of ether oxygens (including phenoxy) is 2. The highest BCUT2D eigenvalue weighted by molar-refractivity contribution is 6.25. The second kappa shape index (κ2) is 8.34. The summed E-state index contributed by atoms with van der Waals surface area (Å²) in [5.74, 6) is -1.70. The summed E-state index contributed by atoms with van der Waals surface area (Å²) < 4.78 is 10.7. The van der Waals surface area contributed by atoms with E-state index in [1.165, 1.54) is 19.1 Å². The van der Waals surface area contributed by atoms with Gasteiger partial charge in [0, 0.05) is 11.8 Å². The van der Waals surface area contributed by atoms with Crippen molar-refractivity contribution in [3.8, 4) is 11.5 Å². The zero-order chi connectivity index (χ0) is 25.0. The largest absolute Gasteiger partial charge is 0.493 e. The van der Waals surface area contributed by atoms with Gasteiger partial charge in [-0.2, -0.15) is 5.10 Å². The molecule has 8 heteroatoms. The molecular weight excluding hydrogens is 458 g/mol. The fourth-order valence-electron chi connectivity index (χ4n) is 5.57. The quantitative estimate of drug-likeness (QED) is 0.410. The van der Waals surface area contributed by atoms with Crippen LogP contribution in [-0.4, -0.2) is 55.1 Å². The highest BCUT2D eigenvalue weighted by Crippen LogP contribution is 2.46. The SMILES string of the molecule is COc1ccc(C(=O)C2C3C(=O)N(c4ccc5ccccc5c4)C(=O)C3C3C=CC=NN32)cc1OC. The first-order valence-corrected chi connectivity index (χ1v) is 11.7. The Kier molecular flexibility index (Phi) is 5.10. The number of ketones is 1. The molecular formula is C28H23N3O5. The van der Waals surface area contributed by atoms with Gasteiger partial charge in [0.05, 0.1) is 37.8 Å². The van der Waals surface area contributed by atoms with Crippen LogP contribution in [0.15, 0.2) is 77.9 Å². The van der Waals surface area contributed by atoms with Crippen molar-refractivity contribution >= 4 is 40.3 Å². The summed E-state index contributed by atoms with van der Waals surface area (Å²) >= 11 is 0. The number of carbonyl (C=O) groups excluding carboxylic acids is 3. The Balaban J connectivity index is 1.42. The molecule has 0 aromatic heterocycles. The van der Waals surface area contributed by atoms with Gasteiger partial charge in [0.1, 0.15) is 6.04 Å². The highest BCUT2D eigenvalue weighted by Gasteiger charge is 2.64. The van der Waals surface area contributed by atoms with E-state index in [1.54, 1.807) is 41.6 Å². The highest BCUT2D eigenvalue weighted by atomic mass is 16.5. The molecule has 0 aliphatic carbocycles. The minimum atomic E-state index is -0.929. The number of methoxy groups -OCH3 is 2. The molecule has 8 nitrogen and oxygen atoms in total. The third kappa shape index (κ3) is 3.14. The Bertz CT molecular complexity index is 1480. The smallest absolute Gasteiger partial charge is 0.240 e. The molecule has 4 unspecified atom stereocenters. The summed E-state index contributed by atoms with van der Waals surface area (Å²) in [7, 11) is 3.01. The van der Waals surface area contributed by atoms with Crippen LogP contribution in [0.4, 0.5) is 5.69 Å². The molecule has 0 bridgehead atoms. The molecule has 2 fully saturated rings. The van der Waals surface area contributed by atoms with Crippen LogP contribution in [-0.2, 0) is 9.59 Å². The second-order valence-corrected chi connectivity index (χ2v) is 8.99. The van der Waals surface area contributed by atoms with Crippen molar-refractivity contribution in [2.24, 2.45) is 16.9 Å². The number of anilines is 1. The lowest BCUT2D eigenvalue weighted by molar-refractivity contribution is -0.123. The van der Waals surface area contributed by atoms with E-state index < -0.39 is 29.8 Å². The van der Waals surface area contributed by atoms with Crippen molar-refractivity contribution in [1.82, 2.24) is 5.01 Å². The van der Waals surface area contributed by atoms with Gasteiger partial charge < -0.3 is 9.47 Å². The van der Waals surface area contributed by atoms with Crippen molar-refractivity contribution in [3.63, 3.8) is 0 Å². The summed E-state index contributed by atoms with van der Waals surface area (Å²) in [6.07, 6.45) is 5.15. The van der Waals surface area contributed by atoms with Gasteiger partial charge in [-0.3, -0.25) is 19.4 Å². The molecule has 0 spiro atoms. The predicted molar refractivity (Wildman–Crippen MR) is 134 cm³/mol. The molecule has 4 atom stereocenters. The number of nitrogens with zero attached hydrogens (tertiary/aromatic N) is 3. The molecule has 3 aromatic carbocycles. The maximum atomic E-state index is 13.9. The first kappa shape index (κ1) is 22.0. The summed E-state index contributed by atoms with van der Waals surface area (Å²) in [5.41, 5.74) is 0.858. The molecule has 180 valence electrons. The normalized spacial score (nSPS) is 24.3. The van der Waals surface area contributed by atoms with Crippen LogP contribution in [0.5, 0.6) is 11.5 Å². The number of hydrogen-bond donors (Lipinski definition) is 0. The molecule has 3 aliphatic rings. The molecule has 36 heavy (non-hydrogen) atoms. The van der Waals surface area contributed by atoms with E-state index in [1.807, 2.05) is 42.5 Å². The van der Waals surface area contributed by atoms with E-state index in [2.05, 4.69) is 5.10 Å². The fourth-order valence-corrected chi connectivity index (χ4v) is 5.57. The molecule has 3 aromatic rings. The minimum absolute atomic E-state index is 0.303. The summed E-state index contributed by atoms with van der Waals surface area (Å²) in [6, 6.07) is 16.7.